The van der Waals surface area contributed by atoms with E-state index in [2.05, 4.69) is 15.5 Å². The van der Waals surface area contributed by atoms with Crippen LogP contribution in [0.1, 0.15) is 24.3 Å². The number of carbonyl (C=O) groups excluding carboxylic acids is 1. The third-order valence-corrected chi connectivity index (χ3v) is 3.48. The molecule has 1 aromatic rings. The number of nitrogens with two attached hydrogens (primary N) is 1. The third-order valence-electron chi connectivity index (χ3n) is 2.73. The molecular formula is C11H18N4O3S. The average Bonchev–Trinajstić information content (AvgIpc) is 2.83. The van der Waals surface area contributed by atoms with Gasteiger partial charge in [0.2, 0.25) is 11.0 Å². The number of nitrogen functional groups attached to an aromatic ring is 1. The molecule has 0 unspecified atom stereocenters. The highest BCUT2D eigenvalue weighted by atomic mass is 32.1. The summed E-state index contributed by atoms with van der Waals surface area (Å²) in [4.78, 5) is 11.5. The lowest BCUT2D eigenvalue weighted by atomic mass is 10.1. The molecule has 2 heterocycles. The van der Waals surface area contributed by atoms with Gasteiger partial charge in [-0.3, -0.25) is 4.79 Å². The van der Waals surface area contributed by atoms with Crippen LogP contribution in [-0.2, 0) is 20.8 Å². The van der Waals surface area contributed by atoms with Gasteiger partial charge in [-0.2, -0.15) is 0 Å². The first-order chi connectivity index (χ1) is 9.24. The minimum Gasteiger partial charge on any atom is -0.376 e. The molecule has 8 heteroatoms. The molecule has 19 heavy (non-hydrogen) atoms. The van der Waals surface area contributed by atoms with Gasteiger partial charge in [-0.15, -0.1) is 10.2 Å². The topological polar surface area (TPSA) is 99.4 Å². The van der Waals surface area contributed by atoms with Crippen LogP contribution in [0.3, 0.4) is 0 Å². The number of amides is 1. The second kappa shape index (κ2) is 7.37. The molecule has 1 atom stereocenters. The zero-order valence-electron chi connectivity index (χ0n) is 10.6. The van der Waals surface area contributed by atoms with Crippen LogP contribution in [0.5, 0.6) is 0 Å². The summed E-state index contributed by atoms with van der Waals surface area (Å²) in [5, 5.41) is 11.3. The molecule has 1 fully saturated rings. The molecule has 2 rings (SSSR count). The minimum absolute atomic E-state index is 0.0359. The minimum atomic E-state index is -0.176. The van der Waals surface area contributed by atoms with E-state index in [-0.39, 0.29) is 18.6 Å². The van der Waals surface area contributed by atoms with E-state index in [1.54, 1.807) is 0 Å². The van der Waals surface area contributed by atoms with E-state index in [4.69, 9.17) is 15.2 Å². The van der Waals surface area contributed by atoms with Crippen molar-refractivity contribution >= 4 is 22.4 Å². The Bertz CT molecular complexity index is 406. The van der Waals surface area contributed by atoms with E-state index < -0.39 is 0 Å². The molecule has 1 aliphatic rings. The first kappa shape index (κ1) is 14.2. The molecule has 7 nitrogen and oxygen atoms in total. The Labute approximate surface area is 115 Å². The SMILES string of the molecule is Nc1nnc(CNC(=O)COC[C@@H]2CCCCO2)s1. The van der Waals surface area contributed by atoms with Gasteiger partial charge in [0, 0.05) is 6.61 Å². The van der Waals surface area contributed by atoms with Crippen molar-refractivity contribution < 1.29 is 14.3 Å². The lowest BCUT2D eigenvalue weighted by Crippen LogP contribution is -2.30. The highest BCUT2D eigenvalue weighted by molar-refractivity contribution is 7.15. The van der Waals surface area contributed by atoms with Crippen molar-refractivity contribution in [2.45, 2.75) is 31.9 Å². The van der Waals surface area contributed by atoms with E-state index in [0.29, 0.717) is 23.3 Å². The summed E-state index contributed by atoms with van der Waals surface area (Å²) in [6, 6.07) is 0. The lowest BCUT2D eigenvalue weighted by molar-refractivity contribution is -0.128. The first-order valence-electron chi connectivity index (χ1n) is 6.28. The van der Waals surface area contributed by atoms with Crippen molar-refractivity contribution in [3.8, 4) is 0 Å². The molecule has 0 aromatic carbocycles. The second-order valence-electron chi connectivity index (χ2n) is 4.31. The van der Waals surface area contributed by atoms with E-state index in [1.807, 2.05) is 0 Å². The molecule has 1 aliphatic heterocycles. The Hall–Kier alpha value is -1.25. The molecule has 0 aliphatic carbocycles. The van der Waals surface area contributed by atoms with Gasteiger partial charge in [0.25, 0.3) is 0 Å². The van der Waals surface area contributed by atoms with Crippen molar-refractivity contribution in [2.24, 2.45) is 0 Å². The lowest BCUT2D eigenvalue weighted by Gasteiger charge is -2.22. The molecule has 1 amide bonds. The van der Waals surface area contributed by atoms with Gasteiger partial charge in [-0.25, -0.2) is 0 Å². The van der Waals surface area contributed by atoms with E-state index in [1.165, 1.54) is 17.8 Å². The van der Waals surface area contributed by atoms with Crippen molar-refractivity contribution in [2.75, 3.05) is 25.6 Å². The summed E-state index contributed by atoms with van der Waals surface area (Å²) >= 11 is 1.26. The molecule has 0 saturated carbocycles. The first-order valence-corrected chi connectivity index (χ1v) is 7.09. The Balaban J connectivity index is 1.56. The van der Waals surface area contributed by atoms with Crippen LogP contribution in [-0.4, -0.2) is 42.0 Å². The standard InChI is InChI=1S/C11H18N4O3S/c12-11-15-14-10(19-11)5-13-9(16)7-17-6-8-3-1-2-4-18-8/h8H,1-7H2,(H2,12,15)(H,13,16)/t8-/m0/s1. The van der Waals surface area contributed by atoms with Crippen molar-refractivity contribution in [1.82, 2.24) is 15.5 Å². The molecule has 3 N–H and O–H groups in total. The Morgan fingerprint density at radius 1 is 1.53 bits per heavy atom. The fourth-order valence-electron chi connectivity index (χ4n) is 1.79. The zero-order chi connectivity index (χ0) is 13.5. The number of hydrogen-bond donors (Lipinski definition) is 2. The van der Waals surface area contributed by atoms with Gasteiger partial charge < -0.3 is 20.5 Å². The van der Waals surface area contributed by atoms with Crippen molar-refractivity contribution in [3.63, 3.8) is 0 Å². The third kappa shape index (κ3) is 5.09. The highest BCUT2D eigenvalue weighted by Gasteiger charge is 2.14. The summed E-state index contributed by atoms with van der Waals surface area (Å²) in [5.74, 6) is -0.176. The van der Waals surface area contributed by atoms with Crippen LogP contribution in [0, 0.1) is 0 Å². The van der Waals surface area contributed by atoms with Gasteiger partial charge in [-0.1, -0.05) is 11.3 Å². The molecule has 1 aromatic heterocycles. The van der Waals surface area contributed by atoms with E-state index in [0.717, 1.165) is 19.4 Å². The number of anilines is 1. The number of rotatable bonds is 6. The summed E-state index contributed by atoms with van der Waals surface area (Å²) in [6.45, 7) is 1.63. The highest BCUT2D eigenvalue weighted by Crippen LogP contribution is 2.12. The van der Waals surface area contributed by atoms with Gasteiger partial charge in [-0.05, 0) is 19.3 Å². The predicted octanol–water partition coefficient (Wildman–Crippen LogP) is 0.322. The van der Waals surface area contributed by atoms with Crippen molar-refractivity contribution in [3.05, 3.63) is 5.01 Å². The van der Waals surface area contributed by atoms with Gasteiger partial charge >= 0.3 is 0 Å². The van der Waals surface area contributed by atoms with Crippen LogP contribution in [0.25, 0.3) is 0 Å². The number of nitrogens with one attached hydrogen (secondary N) is 1. The van der Waals surface area contributed by atoms with Crippen LogP contribution in [0.15, 0.2) is 0 Å². The number of ether oxygens (including phenoxy) is 2. The van der Waals surface area contributed by atoms with Crippen LogP contribution < -0.4 is 11.1 Å². The van der Waals surface area contributed by atoms with Gasteiger partial charge in [0.1, 0.15) is 11.6 Å². The Morgan fingerprint density at radius 3 is 3.11 bits per heavy atom. The zero-order valence-corrected chi connectivity index (χ0v) is 11.4. The maximum absolute atomic E-state index is 11.5. The maximum atomic E-state index is 11.5. The number of hydrogen-bond acceptors (Lipinski definition) is 7. The summed E-state index contributed by atoms with van der Waals surface area (Å²) in [6.07, 6.45) is 3.41. The summed E-state index contributed by atoms with van der Waals surface area (Å²) in [5.41, 5.74) is 5.44. The molecule has 106 valence electrons. The molecular weight excluding hydrogens is 268 g/mol. The van der Waals surface area contributed by atoms with Crippen LogP contribution >= 0.6 is 11.3 Å². The van der Waals surface area contributed by atoms with Gasteiger partial charge in [0.15, 0.2) is 0 Å². The molecule has 0 spiro atoms. The summed E-state index contributed by atoms with van der Waals surface area (Å²) < 4.78 is 10.8. The molecule has 1 saturated heterocycles. The smallest absolute Gasteiger partial charge is 0.246 e. The molecule has 0 bridgehead atoms. The Kier molecular flexibility index (Phi) is 5.49. The van der Waals surface area contributed by atoms with E-state index in [9.17, 15) is 4.79 Å². The Morgan fingerprint density at radius 2 is 2.42 bits per heavy atom. The number of aromatic nitrogens is 2. The number of carbonyl (C=O) groups is 1. The maximum Gasteiger partial charge on any atom is 0.246 e. The quantitative estimate of drug-likeness (QED) is 0.781. The van der Waals surface area contributed by atoms with Crippen LogP contribution in [0.2, 0.25) is 0 Å². The second-order valence-corrected chi connectivity index (χ2v) is 5.41. The largest absolute Gasteiger partial charge is 0.376 e. The summed E-state index contributed by atoms with van der Waals surface area (Å²) in [7, 11) is 0. The van der Waals surface area contributed by atoms with Crippen molar-refractivity contribution in [1.29, 1.82) is 0 Å². The predicted molar refractivity (Wildman–Crippen MR) is 70.6 cm³/mol. The fraction of sp³-hybridized carbons (Fsp3) is 0.727. The fourth-order valence-corrected chi connectivity index (χ4v) is 2.33. The number of nitrogens with zero attached hydrogens (tertiary/aromatic N) is 2. The van der Waals surface area contributed by atoms with Crippen LogP contribution in [0.4, 0.5) is 5.13 Å². The monoisotopic (exact) mass is 286 g/mol. The molecule has 0 radical (unpaired) electrons. The van der Waals surface area contributed by atoms with Gasteiger partial charge in [0.05, 0.1) is 19.3 Å². The average molecular weight is 286 g/mol. The normalized spacial score (nSPS) is 19.3. The van der Waals surface area contributed by atoms with E-state index >= 15 is 0 Å².